The van der Waals surface area contributed by atoms with E-state index in [1.54, 1.807) is 7.11 Å². The molecule has 0 fully saturated rings. The van der Waals surface area contributed by atoms with Crippen molar-refractivity contribution >= 4 is 5.78 Å². The SMILES string of the molecule is CCN(CC)C(COC)C(=O)C(C)C. The highest BCUT2D eigenvalue weighted by atomic mass is 16.5. The van der Waals surface area contributed by atoms with E-state index < -0.39 is 0 Å². The first kappa shape index (κ1) is 13.6. The van der Waals surface area contributed by atoms with Crippen molar-refractivity contribution in [2.24, 2.45) is 5.92 Å². The number of carbonyl (C=O) groups excluding carboxylic acids is 1. The van der Waals surface area contributed by atoms with Gasteiger partial charge in [0.05, 0.1) is 12.6 Å². The van der Waals surface area contributed by atoms with Crippen LogP contribution in [-0.4, -0.2) is 43.5 Å². The summed E-state index contributed by atoms with van der Waals surface area (Å²) in [4.78, 5) is 14.0. The van der Waals surface area contributed by atoms with E-state index in [1.807, 2.05) is 13.8 Å². The summed E-state index contributed by atoms with van der Waals surface area (Å²) < 4.78 is 5.10. The van der Waals surface area contributed by atoms with E-state index >= 15 is 0 Å². The fourth-order valence-corrected chi connectivity index (χ4v) is 1.57. The molecule has 0 saturated carbocycles. The number of hydrogen-bond acceptors (Lipinski definition) is 3. The number of hydrogen-bond donors (Lipinski definition) is 0. The quantitative estimate of drug-likeness (QED) is 0.626. The normalized spacial score (nSPS) is 13.6. The van der Waals surface area contributed by atoms with Crippen LogP contribution in [0.15, 0.2) is 0 Å². The molecule has 84 valence electrons. The summed E-state index contributed by atoms with van der Waals surface area (Å²) in [6.07, 6.45) is 0. The number of nitrogens with zero attached hydrogens (tertiary/aromatic N) is 1. The zero-order valence-corrected chi connectivity index (χ0v) is 10.0. The van der Waals surface area contributed by atoms with Crippen molar-refractivity contribution < 1.29 is 9.53 Å². The van der Waals surface area contributed by atoms with Gasteiger partial charge in [0.25, 0.3) is 0 Å². The molecule has 0 bridgehead atoms. The highest BCUT2D eigenvalue weighted by Crippen LogP contribution is 2.07. The monoisotopic (exact) mass is 201 g/mol. The first-order valence-electron chi connectivity index (χ1n) is 5.35. The third-order valence-electron chi connectivity index (χ3n) is 2.48. The molecule has 0 radical (unpaired) electrons. The van der Waals surface area contributed by atoms with Gasteiger partial charge >= 0.3 is 0 Å². The molecule has 1 unspecified atom stereocenters. The van der Waals surface area contributed by atoms with Gasteiger partial charge in [-0.2, -0.15) is 0 Å². The first-order chi connectivity index (χ1) is 6.58. The molecular formula is C11H23NO2. The van der Waals surface area contributed by atoms with Gasteiger partial charge in [0, 0.05) is 13.0 Å². The molecule has 3 heteroatoms. The summed E-state index contributed by atoms with van der Waals surface area (Å²) in [7, 11) is 1.64. The standard InChI is InChI=1S/C11H23NO2/c1-6-12(7-2)10(8-14-5)11(13)9(3)4/h9-10H,6-8H2,1-5H3. The summed E-state index contributed by atoms with van der Waals surface area (Å²) >= 11 is 0. The maximum atomic E-state index is 11.9. The molecule has 0 saturated heterocycles. The van der Waals surface area contributed by atoms with Crippen LogP contribution < -0.4 is 0 Å². The van der Waals surface area contributed by atoms with E-state index in [4.69, 9.17) is 4.74 Å². The molecule has 0 aromatic rings. The van der Waals surface area contributed by atoms with Crippen molar-refractivity contribution in [3.63, 3.8) is 0 Å². The Bertz CT molecular complexity index is 165. The Kier molecular flexibility index (Phi) is 6.75. The van der Waals surface area contributed by atoms with Crippen LogP contribution in [0.2, 0.25) is 0 Å². The number of rotatable bonds is 7. The zero-order chi connectivity index (χ0) is 11.1. The molecule has 0 spiro atoms. The lowest BCUT2D eigenvalue weighted by Crippen LogP contribution is -2.45. The van der Waals surface area contributed by atoms with Gasteiger partial charge in [0.15, 0.2) is 5.78 Å². The van der Waals surface area contributed by atoms with Crippen molar-refractivity contribution in [2.45, 2.75) is 33.7 Å². The Morgan fingerprint density at radius 3 is 2.07 bits per heavy atom. The lowest BCUT2D eigenvalue weighted by molar-refractivity contribution is -0.129. The fourth-order valence-electron chi connectivity index (χ4n) is 1.57. The summed E-state index contributed by atoms with van der Waals surface area (Å²) in [5.41, 5.74) is 0. The van der Waals surface area contributed by atoms with Crippen molar-refractivity contribution in [1.29, 1.82) is 0 Å². The van der Waals surface area contributed by atoms with E-state index in [2.05, 4.69) is 18.7 Å². The molecule has 0 N–H and O–H groups in total. The van der Waals surface area contributed by atoms with Crippen molar-refractivity contribution in [3.8, 4) is 0 Å². The molecule has 0 heterocycles. The minimum Gasteiger partial charge on any atom is -0.383 e. The number of methoxy groups -OCH3 is 1. The number of Topliss-reactive ketones (excluding diaryl/α,β-unsaturated/α-hetero) is 1. The lowest BCUT2D eigenvalue weighted by atomic mass is 10.0. The molecule has 1 atom stereocenters. The predicted octanol–water partition coefficient (Wildman–Crippen LogP) is 1.57. The van der Waals surface area contributed by atoms with E-state index in [9.17, 15) is 4.79 Å². The second-order valence-electron chi connectivity index (χ2n) is 3.75. The van der Waals surface area contributed by atoms with Crippen LogP contribution in [-0.2, 0) is 9.53 Å². The van der Waals surface area contributed by atoms with Gasteiger partial charge in [0.1, 0.15) is 0 Å². The Balaban J connectivity index is 4.47. The molecule has 3 nitrogen and oxygen atoms in total. The van der Waals surface area contributed by atoms with E-state index in [0.29, 0.717) is 6.61 Å². The second-order valence-corrected chi connectivity index (χ2v) is 3.75. The Hall–Kier alpha value is -0.410. The molecule has 0 aromatic carbocycles. The van der Waals surface area contributed by atoms with Gasteiger partial charge in [-0.15, -0.1) is 0 Å². The summed E-state index contributed by atoms with van der Waals surface area (Å²) in [5.74, 6) is 0.353. The average molecular weight is 201 g/mol. The van der Waals surface area contributed by atoms with Crippen molar-refractivity contribution in [2.75, 3.05) is 26.8 Å². The Morgan fingerprint density at radius 2 is 1.79 bits per heavy atom. The topological polar surface area (TPSA) is 29.5 Å². The predicted molar refractivity (Wildman–Crippen MR) is 58.4 cm³/mol. The third kappa shape index (κ3) is 3.76. The van der Waals surface area contributed by atoms with Crippen LogP contribution in [0.25, 0.3) is 0 Å². The Labute approximate surface area is 87.4 Å². The molecular weight excluding hydrogens is 178 g/mol. The van der Waals surface area contributed by atoms with E-state index in [1.165, 1.54) is 0 Å². The van der Waals surface area contributed by atoms with Crippen LogP contribution in [0.1, 0.15) is 27.7 Å². The fraction of sp³-hybridized carbons (Fsp3) is 0.909. The van der Waals surface area contributed by atoms with Crippen LogP contribution in [0, 0.1) is 5.92 Å². The lowest BCUT2D eigenvalue weighted by Gasteiger charge is -2.29. The number of ether oxygens (including phenoxy) is 1. The average Bonchev–Trinajstić information content (AvgIpc) is 2.17. The maximum Gasteiger partial charge on any atom is 0.154 e. The minimum atomic E-state index is -0.0741. The Morgan fingerprint density at radius 1 is 1.29 bits per heavy atom. The van der Waals surface area contributed by atoms with Gasteiger partial charge in [-0.3, -0.25) is 9.69 Å². The van der Waals surface area contributed by atoms with Crippen molar-refractivity contribution in [3.05, 3.63) is 0 Å². The van der Waals surface area contributed by atoms with Crippen LogP contribution in [0.5, 0.6) is 0 Å². The molecule has 14 heavy (non-hydrogen) atoms. The largest absolute Gasteiger partial charge is 0.383 e. The van der Waals surface area contributed by atoms with E-state index in [-0.39, 0.29) is 17.7 Å². The molecule has 0 amide bonds. The van der Waals surface area contributed by atoms with Crippen LogP contribution >= 0.6 is 0 Å². The molecule has 0 aliphatic rings. The first-order valence-corrected chi connectivity index (χ1v) is 5.35. The molecule has 0 aliphatic carbocycles. The number of carbonyl (C=O) groups is 1. The summed E-state index contributed by atoms with van der Waals surface area (Å²) in [5, 5.41) is 0. The van der Waals surface area contributed by atoms with Crippen LogP contribution in [0.4, 0.5) is 0 Å². The molecule has 0 aliphatic heterocycles. The molecule has 0 aromatic heterocycles. The highest BCUT2D eigenvalue weighted by molar-refractivity contribution is 5.85. The smallest absolute Gasteiger partial charge is 0.154 e. The van der Waals surface area contributed by atoms with Gasteiger partial charge in [-0.25, -0.2) is 0 Å². The summed E-state index contributed by atoms with van der Waals surface area (Å²) in [6.45, 7) is 10.3. The van der Waals surface area contributed by atoms with Crippen LogP contribution in [0.3, 0.4) is 0 Å². The summed E-state index contributed by atoms with van der Waals surface area (Å²) in [6, 6.07) is -0.0741. The van der Waals surface area contributed by atoms with Crippen molar-refractivity contribution in [1.82, 2.24) is 4.90 Å². The minimum absolute atomic E-state index is 0.0741. The van der Waals surface area contributed by atoms with Gasteiger partial charge in [-0.05, 0) is 13.1 Å². The zero-order valence-electron chi connectivity index (χ0n) is 10.0. The maximum absolute atomic E-state index is 11.9. The van der Waals surface area contributed by atoms with Gasteiger partial charge in [-0.1, -0.05) is 27.7 Å². The molecule has 0 rings (SSSR count). The highest BCUT2D eigenvalue weighted by Gasteiger charge is 2.25. The second kappa shape index (κ2) is 6.96. The third-order valence-corrected chi connectivity index (χ3v) is 2.48. The number of likely N-dealkylation sites (N-methyl/N-ethyl adjacent to an activating group) is 1. The van der Waals surface area contributed by atoms with Gasteiger partial charge in [0.2, 0.25) is 0 Å². The number of ketones is 1. The van der Waals surface area contributed by atoms with E-state index in [0.717, 1.165) is 13.1 Å². The van der Waals surface area contributed by atoms with Gasteiger partial charge < -0.3 is 4.74 Å².